The molecule has 6 heteroatoms. The highest BCUT2D eigenvalue weighted by Gasteiger charge is 2.38. The minimum atomic E-state index is -0.363. The highest BCUT2D eigenvalue weighted by Crippen LogP contribution is 2.13. The lowest BCUT2D eigenvalue weighted by Gasteiger charge is -2.48. The second kappa shape index (κ2) is 3.72. The van der Waals surface area contributed by atoms with Crippen molar-refractivity contribution in [2.24, 2.45) is 0 Å². The first-order valence-electron chi connectivity index (χ1n) is 4.18. The maximum atomic E-state index is 2.60. The minimum absolute atomic E-state index is 0.363. The molecule has 0 spiro atoms. The zero-order valence-corrected chi connectivity index (χ0v) is 11.8. The summed E-state index contributed by atoms with van der Waals surface area (Å²) in [5.41, 5.74) is 0. The Morgan fingerprint density at radius 3 is 0.917 bits per heavy atom. The van der Waals surface area contributed by atoms with Crippen LogP contribution in [0.15, 0.2) is 0 Å². The average molecular weight is 216 g/mol. The lowest BCUT2D eigenvalue weighted by Crippen LogP contribution is -2.72. The Morgan fingerprint density at radius 2 is 0.750 bits per heavy atom. The molecule has 69 valence electrons. The van der Waals surface area contributed by atoms with Crippen LogP contribution >= 0.6 is 0 Å². The highest BCUT2D eigenvalue weighted by atomic mass is 28.4. The molecule has 0 aromatic rings. The van der Waals surface area contributed by atoms with Gasteiger partial charge in [0.1, 0.15) is 0 Å². The molecular formula is C6H18N3Si3. The summed E-state index contributed by atoms with van der Waals surface area (Å²) in [5, 5.41) is 0. The molecule has 1 heterocycles. The molecule has 0 amide bonds. The first kappa shape index (κ1) is 10.6. The molecule has 1 aliphatic rings. The fraction of sp³-hybridized carbons (Fsp3) is 1.00. The van der Waals surface area contributed by atoms with Crippen LogP contribution in [0, 0.1) is 0 Å². The highest BCUT2D eigenvalue weighted by molar-refractivity contribution is 6.84. The van der Waals surface area contributed by atoms with Crippen molar-refractivity contribution in [1.82, 2.24) is 12.7 Å². The monoisotopic (exact) mass is 216 g/mol. The van der Waals surface area contributed by atoms with Crippen LogP contribution in [0.1, 0.15) is 0 Å². The number of hydrogen-bond acceptors (Lipinski definition) is 3. The Balaban J connectivity index is 2.76. The molecule has 0 aromatic heterocycles. The Hall–Kier alpha value is 0.531. The molecule has 1 fully saturated rings. The zero-order valence-electron chi connectivity index (χ0n) is 8.84. The molecule has 0 bridgehead atoms. The predicted molar refractivity (Wildman–Crippen MR) is 58.1 cm³/mol. The fourth-order valence-corrected chi connectivity index (χ4v) is 11.9. The summed E-state index contributed by atoms with van der Waals surface area (Å²) in [4.78, 5) is 0. The summed E-state index contributed by atoms with van der Waals surface area (Å²) >= 11 is 0. The molecular weight excluding hydrogens is 198 g/mol. The first-order valence-corrected chi connectivity index (χ1v) is 9.87. The smallest absolute Gasteiger partial charge is 0.213 e. The van der Waals surface area contributed by atoms with E-state index >= 15 is 0 Å². The van der Waals surface area contributed by atoms with Gasteiger partial charge in [0.15, 0.2) is 0 Å². The molecule has 12 heavy (non-hydrogen) atoms. The van der Waals surface area contributed by atoms with Crippen molar-refractivity contribution in [2.45, 2.75) is 19.6 Å². The van der Waals surface area contributed by atoms with Crippen molar-refractivity contribution in [3.05, 3.63) is 0 Å². The summed E-state index contributed by atoms with van der Waals surface area (Å²) in [7, 11) is 5.76. The summed E-state index contributed by atoms with van der Waals surface area (Å²) in [6.07, 6.45) is 0. The van der Waals surface area contributed by atoms with E-state index in [1.54, 1.807) is 0 Å². The Labute approximate surface area is 81.3 Å². The third-order valence-corrected chi connectivity index (χ3v) is 14.6. The Bertz CT molecular complexity index is 110. The first-order chi connectivity index (χ1) is 5.46. The Kier molecular flexibility index (Phi) is 3.29. The maximum absolute atomic E-state index is 2.60. The van der Waals surface area contributed by atoms with Crippen molar-refractivity contribution in [1.29, 1.82) is 0 Å². The van der Waals surface area contributed by atoms with Gasteiger partial charge in [0, 0.05) is 0 Å². The molecule has 1 saturated heterocycles. The van der Waals surface area contributed by atoms with Crippen LogP contribution in [0.25, 0.3) is 0 Å². The van der Waals surface area contributed by atoms with Gasteiger partial charge in [-0.3, -0.25) is 0 Å². The molecule has 0 aliphatic carbocycles. The molecule has 0 aromatic carbocycles. The van der Waals surface area contributed by atoms with Crippen molar-refractivity contribution in [3.63, 3.8) is 0 Å². The van der Waals surface area contributed by atoms with Gasteiger partial charge in [0.2, 0.25) is 27.4 Å². The SMILES string of the molecule is CN1[Si](C)N(C)[Si](C)N(C)[Si]1C. The van der Waals surface area contributed by atoms with E-state index in [1.165, 1.54) is 0 Å². The molecule has 1 aliphatic heterocycles. The van der Waals surface area contributed by atoms with Crippen LogP contribution in [0.5, 0.6) is 0 Å². The normalized spacial score (nSPS) is 28.5. The third kappa shape index (κ3) is 1.59. The number of rotatable bonds is 0. The lowest BCUT2D eigenvalue weighted by atomic mass is 11.6. The Morgan fingerprint density at radius 1 is 0.583 bits per heavy atom. The van der Waals surface area contributed by atoms with Gasteiger partial charge in [-0.1, -0.05) is 0 Å². The van der Waals surface area contributed by atoms with Gasteiger partial charge in [-0.2, -0.15) is 0 Å². The second-order valence-corrected chi connectivity index (χ2v) is 12.0. The van der Waals surface area contributed by atoms with Crippen molar-refractivity contribution in [3.8, 4) is 0 Å². The summed E-state index contributed by atoms with van der Waals surface area (Å²) in [6.45, 7) is 7.21. The van der Waals surface area contributed by atoms with Gasteiger partial charge >= 0.3 is 0 Å². The van der Waals surface area contributed by atoms with Crippen LogP contribution in [0.4, 0.5) is 0 Å². The third-order valence-electron chi connectivity index (χ3n) is 2.91. The van der Waals surface area contributed by atoms with Crippen LogP contribution in [0.3, 0.4) is 0 Å². The molecule has 0 atom stereocenters. The van der Waals surface area contributed by atoms with E-state index in [2.05, 4.69) is 53.5 Å². The minimum Gasteiger partial charge on any atom is -0.325 e. The quantitative estimate of drug-likeness (QED) is 0.534. The molecule has 3 nitrogen and oxygen atoms in total. The topological polar surface area (TPSA) is 9.72 Å². The standard InChI is InChI=1S/C6H18N3Si3/c1-7-10(4)8(2)12(6)9(3)11(7)5/h1-6H3. The molecule has 3 radical (unpaired) electrons. The summed E-state index contributed by atoms with van der Waals surface area (Å²) in [5.74, 6) is 0. The van der Waals surface area contributed by atoms with Crippen LogP contribution in [0.2, 0.25) is 19.6 Å². The van der Waals surface area contributed by atoms with E-state index in [0.29, 0.717) is 0 Å². The van der Waals surface area contributed by atoms with Gasteiger partial charge in [-0.25, -0.2) is 0 Å². The zero-order chi connectivity index (χ0) is 9.46. The molecule has 0 saturated carbocycles. The fourth-order valence-electron chi connectivity index (χ4n) is 1.38. The second-order valence-electron chi connectivity index (χ2n) is 3.32. The van der Waals surface area contributed by atoms with Gasteiger partial charge < -0.3 is 12.7 Å². The van der Waals surface area contributed by atoms with E-state index in [1.807, 2.05) is 0 Å². The van der Waals surface area contributed by atoms with Crippen molar-refractivity contribution in [2.75, 3.05) is 21.1 Å². The predicted octanol–water partition coefficient (Wildman–Crippen LogP) is 0.149. The molecule has 0 unspecified atom stereocenters. The molecule has 1 rings (SSSR count). The van der Waals surface area contributed by atoms with Crippen LogP contribution in [-0.4, -0.2) is 61.2 Å². The van der Waals surface area contributed by atoms with E-state index < -0.39 is 0 Å². The van der Waals surface area contributed by atoms with Crippen molar-refractivity contribution < 1.29 is 0 Å². The van der Waals surface area contributed by atoms with Gasteiger partial charge in [-0.05, 0) is 40.8 Å². The van der Waals surface area contributed by atoms with E-state index in [4.69, 9.17) is 0 Å². The summed E-state index contributed by atoms with van der Waals surface area (Å²) < 4.78 is 7.81. The van der Waals surface area contributed by atoms with Crippen LogP contribution < -0.4 is 0 Å². The van der Waals surface area contributed by atoms with Gasteiger partial charge in [-0.15, -0.1) is 0 Å². The average Bonchev–Trinajstić information content (AvgIpc) is 2.08. The maximum Gasteiger partial charge on any atom is 0.213 e. The van der Waals surface area contributed by atoms with Crippen molar-refractivity contribution >= 4 is 27.4 Å². The van der Waals surface area contributed by atoms with E-state index in [9.17, 15) is 0 Å². The molecule has 0 N–H and O–H groups in total. The van der Waals surface area contributed by atoms with E-state index in [0.717, 1.165) is 0 Å². The number of hydrogen-bond donors (Lipinski definition) is 0. The van der Waals surface area contributed by atoms with E-state index in [-0.39, 0.29) is 27.4 Å². The van der Waals surface area contributed by atoms with Gasteiger partial charge in [0.25, 0.3) is 0 Å². The largest absolute Gasteiger partial charge is 0.325 e. The summed E-state index contributed by atoms with van der Waals surface area (Å²) in [6, 6.07) is 0. The number of nitrogens with zero attached hydrogens (tertiary/aromatic N) is 3. The van der Waals surface area contributed by atoms with Crippen LogP contribution in [-0.2, 0) is 0 Å². The van der Waals surface area contributed by atoms with Gasteiger partial charge in [0.05, 0.1) is 0 Å². The lowest BCUT2D eigenvalue weighted by molar-refractivity contribution is 0.545.